The monoisotopic (exact) mass is 200 g/mol. The highest BCUT2D eigenvalue weighted by Gasteiger charge is 2.51. The lowest BCUT2D eigenvalue weighted by Crippen LogP contribution is -2.53. The van der Waals surface area contributed by atoms with Crippen LogP contribution >= 0.6 is 0 Å². The van der Waals surface area contributed by atoms with Crippen molar-refractivity contribution in [3.05, 3.63) is 42.1 Å². The van der Waals surface area contributed by atoms with Crippen LogP contribution < -0.4 is 0 Å². The summed E-state index contributed by atoms with van der Waals surface area (Å²) < 4.78 is 0. The molecule has 0 aromatic heterocycles. The van der Waals surface area contributed by atoms with Crippen molar-refractivity contribution in [2.75, 3.05) is 0 Å². The molecule has 0 amide bonds. The highest BCUT2D eigenvalue weighted by Crippen LogP contribution is 2.46. The minimum Gasteiger partial charge on any atom is -0.384 e. The molecule has 2 aliphatic heterocycles. The molecular weight excluding hydrogens is 188 g/mol. The van der Waals surface area contributed by atoms with Gasteiger partial charge in [0.2, 0.25) is 0 Å². The average Bonchev–Trinajstić information content (AvgIpc) is 2.46. The number of nitrogens with zero attached hydrogens (tertiary/aromatic N) is 2. The Balaban J connectivity index is 2.03. The smallest absolute Gasteiger partial charge is 0.120 e. The van der Waals surface area contributed by atoms with Crippen molar-refractivity contribution in [3.8, 4) is 0 Å². The molecule has 1 aromatic carbocycles. The quantitative estimate of drug-likeness (QED) is 0.745. The largest absolute Gasteiger partial charge is 0.384 e. The first kappa shape index (κ1) is 8.68. The third kappa shape index (κ3) is 0.957. The van der Waals surface area contributed by atoms with E-state index >= 15 is 0 Å². The molecule has 2 unspecified atom stereocenters. The Morgan fingerprint density at radius 2 is 2.07 bits per heavy atom. The van der Waals surface area contributed by atoms with Crippen LogP contribution in [0.5, 0.6) is 0 Å². The van der Waals surface area contributed by atoms with E-state index in [1.54, 1.807) is 6.21 Å². The minimum atomic E-state index is -0.516. The summed E-state index contributed by atoms with van der Waals surface area (Å²) in [5.41, 5.74) is 1.94. The Kier molecular flexibility index (Phi) is 1.56. The summed E-state index contributed by atoms with van der Waals surface area (Å²) in [7, 11) is 0. The van der Waals surface area contributed by atoms with Gasteiger partial charge in [0.15, 0.2) is 0 Å². The zero-order valence-corrected chi connectivity index (χ0v) is 8.46. The summed E-state index contributed by atoms with van der Waals surface area (Å²) >= 11 is 0. The van der Waals surface area contributed by atoms with Crippen LogP contribution in [0, 0.1) is 0 Å². The van der Waals surface area contributed by atoms with Crippen LogP contribution in [0.4, 0.5) is 0 Å². The average molecular weight is 200 g/mol. The fraction of sp³-hybridized carbons (Fsp3) is 0.250. The molecule has 3 nitrogen and oxygen atoms in total. The van der Waals surface area contributed by atoms with Gasteiger partial charge in [-0.3, -0.25) is 5.01 Å². The van der Waals surface area contributed by atoms with Crippen LogP contribution in [0.2, 0.25) is 0 Å². The van der Waals surface area contributed by atoms with Crippen LogP contribution in [0.25, 0.3) is 5.57 Å². The molecular formula is C12H12N2O. The van der Waals surface area contributed by atoms with Crippen LogP contribution in [-0.4, -0.2) is 28.0 Å². The van der Waals surface area contributed by atoms with Crippen molar-refractivity contribution in [1.29, 1.82) is 0 Å². The van der Waals surface area contributed by atoms with Crippen molar-refractivity contribution in [2.24, 2.45) is 5.10 Å². The number of hydrazone groups is 1. The van der Waals surface area contributed by atoms with Gasteiger partial charge in [0.25, 0.3) is 0 Å². The Bertz CT molecular complexity index is 452. The summed E-state index contributed by atoms with van der Waals surface area (Å²) in [6.07, 6.45) is 3.05. The maximum atomic E-state index is 9.88. The first-order valence-corrected chi connectivity index (χ1v) is 5.02. The SMILES string of the molecule is CC12C(c3ccccc3)=CN1N=CC2O. The third-order valence-corrected chi connectivity index (χ3v) is 3.27. The molecule has 2 aliphatic rings. The van der Waals surface area contributed by atoms with Gasteiger partial charge in [0.05, 0.1) is 6.21 Å². The van der Waals surface area contributed by atoms with Crippen molar-refractivity contribution in [1.82, 2.24) is 5.01 Å². The van der Waals surface area contributed by atoms with Gasteiger partial charge in [-0.15, -0.1) is 0 Å². The standard InChI is InChI=1S/C12H12N2O/c1-12-10(9-5-3-2-4-6-9)8-14(12)13-7-11(12)15/h2-8,11,15H,1H3. The first-order valence-electron chi connectivity index (χ1n) is 5.02. The summed E-state index contributed by atoms with van der Waals surface area (Å²) in [6.45, 7) is 2.01. The lowest BCUT2D eigenvalue weighted by Gasteiger charge is -2.45. The highest BCUT2D eigenvalue weighted by atomic mass is 16.3. The lowest BCUT2D eigenvalue weighted by atomic mass is 9.78. The molecule has 1 aromatic rings. The zero-order chi connectivity index (χ0) is 10.5. The van der Waals surface area contributed by atoms with E-state index in [9.17, 15) is 5.11 Å². The van der Waals surface area contributed by atoms with Gasteiger partial charge in [-0.25, -0.2) is 0 Å². The number of rotatable bonds is 1. The fourth-order valence-corrected chi connectivity index (χ4v) is 2.16. The maximum Gasteiger partial charge on any atom is 0.120 e. The van der Waals surface area contributed by atoms with E-state index in [1.807, 2.05) is 36.3 Å². The fourth-order valence-electron chi connectivity index (χ4n) is 2.16. The second kappa shape index (κ2) is 2.70. The first-order chi connectivity index (χ1) is 7.23. The molecule has 1 N–H and O–H groups in total. The molecule has 15 heavy (non-hydrogen) atoms. The summed E-state index contributed by atoms with van der Waals surface area (Å²) in [6, 6.07) is 10.1. The van der Waals surface area contributed by atoms with Crippen molar-refractivity contribution < 1.29 is 5.11 Å². The zero-order valence-electron chi connectivity index (χ0n) is 8.46. The van der Waals surface area contributed by atoms with Crippen LogP contribution in [0.3, 0.4) is 0 Å². The summed E-state index contributed by atoms with van der Waals surface area (Å²) in [4.78, 5) is 0. The topological polar surface area (TPSA) is 35.8 Å². The van der Waals surface area contributed by atoms with Crippen molar-refractivity contribution >= 4 is 11.8 Å². The van der Waals surface area contributed by atoms with Gasteiger partial charge in [-0.2, -0.15) is 5.10 Å². The molecule has 2 heterocycles. The van der Waals surface area contributed by atoms with Crippen LogP contribution in [0.15, 0.2) is 41.6 Å². The van der Waals surface area contributed by atoms with E-state index in [1.165, 1.54) is 0 Å². The molecule has 3 rings (SSSR count). The van der Waals surface area contributed by atoms with Crippen molar-refractivity contribution in [2.45, 2.75) is 18.6 Å². The van der Waals surface area contributed by atoms with E-state index in [0.29, 0.717) is 0 Å². The molecule has 76 valence electrons. The molecule has 0 saturated carbocycles. The third-order valence-electron chi connectivity index (χ3n) is 3.27. The maximum absolute atomic E-state index is 9.88. The molecule has 2 atom stereocenters. The number of fused-ring (bicyclic) bond motifs is 1. The van der Waals surface area contributed by atoms with Gasteiger partial charge >= 0.3 is 0 Å². The highest BCUT2D eigenvalue weighted by molar-refractivity contribution is 5.86. The Morgan fingerprint density at radius 1 is 1.33 bits per heavy atom. The molecule has 0 bridgehead atoms. The molecule has 0 spiro atoms. The molecule has 0 saturated heterocycles. The summed E-state index contributed by atoms with van der Waals surface area (Å²) in [5, 5.41) is 15.8. The number of benzene rings is 1. The van der Waals surface area contributed by atoms with E-state index < -0.39 is 6.10 Å². The molecule has 0 aliphatic carbocycles. The summed E-state index contributed by atoms with van der Waals surface area (Å²) in [5.74, 6) is 0. The molecule has 3 heteroatoms. The molecule has 0 radical (unpaired) electrons. The number of aliphatic hydroxyl groups is 1. The number of aliphatic hydroxyl groups excluding tert-OH is 1. The molecule has 0 fully saturated rings. The van der Waals surface area contributed by atoms with E-state index in [4.69, 9.17) is 0 Å². The van der Waals surface area contributed by atoms with Crippen LogP contribution in [-0.2, 0) is 0 Å². The Hall–Kier alpha value is -1.61. The lowest BCUT2D eigenvalue weighted by molar-refractivity contribution is 0.0961. The second-order valence-corrected chi connectivity index (χ2v) is 4.11. The number of hydrogen-bond donors (Lipinski definition) is 1. The van der Waals surface area contributed by atoms with E-state index in [-0.39, 0.29) is 5.54 Å². The van der Waals surface area contributed by atoms with Gasteiger partial charge in [-0.05, 0) is 12.5 Å². The number of hydrogen-bond acceptors (Lipinski definition) is 3. The predicted octanol–water partition coefficient (Wildman–Crippen LogP) is 1.46. The predicted molar refractivity (Wildman–Crippen MR) is 59.2 cm³/mol. The van der Waals surface area contributed by atoms with E-state index in [0.717, 1.165) is 11.1 Å². The van der Waals surface area contributed by atoms with Gasteiger partial charge in [0, 0.05) is 11.8 Å². The normalized spacial score (nSPS) is 32.3. The van der Waals surface area contributed by atoms with Crippen LogP contribution in [0.1, 0.15) is 12.5 Å². The Labute approximate surface area is 88.3 Å². The Morgan fingerprint density at radius 3 is 2.73 bits per heavy atom. The minimum absolute atomic E-state index is 0.360. The van der Waals surface area contributed by atoms with Gasteiger partial charge in [-0.1, -0.05) is 30.3 Å². The second-order valence-electron chi connectivity index (χ2n) is 4.11. The van der Waals surface area contributed by atoms with Crippen molar-refractivity contribution in [3.63, 3.8) is 0 Å². The van der Waals surface area contributed by atoms with Gasteiger partial charge in [0.1, 0.15) is 11.6 Å². The van der Waals surface area contributed by atoms with Gasteiger partial charge < -0.3 is 5.11 Å². The van der Waals surface area contributed by atoms with E-state index in [2.05, 4.69) is 17.2 Å².